The third-order valence-electron chi connectivity index (χ3n) is 5.62. The van der Waals surface area contributed by atoms with Gasteiger partial charge in [0.25, 0.3) is 11.8 Å². The first-order chi connectivity index (χ1) is 15.2. The lowest BCUT2D eigenvalue weighted by atomic mass is 10.1. The van der Waals surface area contributed by atoms with Gasteiger partial charge in [-0.2, -0.15) is 0 Å². The zero-order valence-electron chi connectivity index (χ0n) is 18.2. The van der Waals surface area contributed by atoms with Crippen LogP contribution in [0.4, 0.5) is 14.9 Å². The number of imide groups is 2. The van der Waals surface area contributed by atoms with Crippen molar-refractivity contribution in [2.75, 3.05) is 4.90 Å². The number of para-hydroxylation sites is 1. The maximum Gasteiger partial charge on any atom is 0.335 e. The van der Waals surface area contributed by atoms with Gasteiger partial charge in [-0.15, -0.1) is 0 Å². The molecule has 0 bridgehead atoms. The van der Waals surface area contributed by atoms with Crippen LogP contribution in [0, 0.1) is 33.5 Å². The fourth-order valence-electron chi connectivity index (χ4n) is 4.07. The van der Waals surface area contributed by atoms with Crippen molar-refractivity contribution in [2.45, 2.75) is 27.7 Å². The van der Waals surface area contributed by atoms with Gasteiger partial charge in [0.15, 0.2) is 0 Å². The number of carbonyl (C=O) groups is 3. The molecule has 3 aromatic rings. The molecule has 0 aliphatic carbocycles. The Bertz CT molecular complexity index is 1280. The van der Waals surface area contributed by atoms with Crippen molar-refractivity contribution in [3.05, 3.63) is 88.0 Å². The average Bonchev–Trinajstić information content (AvgIpc) is 3.00. The summed E-state index contributed by atoms with van der Waals surface area (Å²) in [6.45, 7) is 7.94. The fourth-order valence-corrected chi connectivity index (χ4v) is 4.07. The molecule has 2 heterocycles. The monoisotopic (exact) mass is 431 g/mol. The molecule has 0 spiro atoms. The number of nitrogens with one attached hydrogen (secondary N) is 1. The summed E-state index contributed by atoms with van der Waals surface area (Å²) >= 11 is 0. The molecule has 4 amide bonds. The van der Waals surface area contributed by atoms with Crippen LogP contribution in [-0.2, 0) is 9.59 Å². The number of urea groups is 1. The Hall–Kier alpha value is -4.00. The van der Waals surface area contributed by atoms with Gasteiger partial charge in [-0.3, -0.25) is 14.9 Å². The van der Waals surface area contributed by atoms with Gasteiger partial charge in [-0.1, -0.05) is 18.2 Å². The molecule has 1 saturated heterocycles. The van der Waals surface area contributed by atoms with Crippen LogP contribution in [0.3, 0.4) is 0 Å². The largest absolute Gasteiger partial charge is 0.335 e. The summed E-state index contributed by atoms with van der Waals surface area (Å²) in [4.78, 5) is 38.8. The van der Waals surface area contributed by atoms with Crippen molar-refractivity contribution in [1.82, 2.24) is 9.88 Å². The van der Waals surface area contributed by atoms with E-state index in [1.807, 2.05) is 52.0 Å². The highest BCUT2D eigenvalue weighted by Crippen LogP contribution is 2.28. The molecule has 0 radical (unpaired) electrons. The predicted octanol–water partition coefficient (Wildman–Crippen LogP) is 4.52. The number of carbonyl (C=O) groups excluding carboxylic acids is 3. The van der Waals surface area contributed by atoms with Crippen LogP contribution in [0.5, 0.6) is 0 Å². The number of halogens is 1. The molecule has 2 aromatic carbocycles. The van der Waals surface area contributed by atoms with Crippen molar-refractivity contribution in [2.24, 2.45) is 0 Å². The van der Waals surface area contributed by atoms with Crippen LogP contribution in [0.15, 0.2) is 54.1 Å². The van der Waals surface area contributed by atoms with E-state index < -0.39 is 23.7 Å². The number of anilines is 1. The molecule has 6 nitrogen and oxygen atoms in total. The van der Waals surface area contributed by atoms with Gasteiger partial charge in [0.2, 0.25) is 0 Å². The van der Waals surface area contributed by atoms with Crippen LogP contribution < -0.4 is 10.2 Å². The second-order valence-electron chi connectivity index (χ2n) is 7.84. The van der Waals surface area contributed by atoms with Crippen molar-refractivity contribution >= 4 is 29.6 Å². The lowest BCUT2D eigenvalue weighted by molar-refractivity contribution is -0.122. The minimum atomic E-state index is -0.871. The van der Waals surface area contributed by atoms with Gasteiger partial charge >= 0.3 is 6.03 Å². The fraction of sp³-hybridized carbons (Fsp3) is 0.160. The molecule has 32 heavy (non-hydrogen) atoms. The molecular weight excluding hydrogens is 409 g/mol. The molecule has 1 aliphatic rings. The Labute approximate surface area is 185 Å². The number of aromatic nitrogens is 1. The summed E-state index contributed by atoms with van der Waals surface area (Å²) in [5, 5.41) is 2.19. The number of barbiturate groups is 1. The molecule has 0 saturated carbocycles. The summed E-state index contributed by atoms with van der Waals surface area (Å²) < 4.78 is 15.4. The maximum absolute atomic E-state index is 13.3. The molecule has 162 valence electrons. The third kappa shape index (κ3) is 3.51. The first-order valence-corrected chi connectivity index (χ1v) is 10.1. The number of hydrogen-bond donors (Lipinski definition) is 1. The van der Waals surface area contributed by atoms with Crippen LogP contribution in [0.1, 0.15) is 28.1 Å². The van der Waals surface area contributed by atoms with Gasteiger partial charge < -0.3 is 4.57 Å². The zero-order valence-corrected chi connectivity index (χ0v) is 18.2. The van der Waals surface area contributed by atoms with E-state index in [1.165, 1.54) is 18.2 Å². The Balaban J connectivity index is 1.79. The zero-order chi connectivity index (χ0) is 23.2. The normalized spacial score (nSPS) is 15.5. The Morgan fingerprint density at radius 1 is 0.906 bits per heavy atom. The topological polar surface area (TPSA) is 71.4 Å². The van der Waals surface area contributed by atoms with Gasteiger partial charge in [0, 0.05) is 11.4 Å². The Morgan fingerprint density at radius 3 is 2.16 bits per heavy atom. The molecule has 1 fully saturated rings. The van der Waals surface area contributed by atoms with Gasteiger partial charge in [-0.25, -0.2) is 14.1 Å². The second-order valence-corrected chi connectivity index (χ2v) is 7.84. The summed E-state index contributed by atoms with van der Waals surface area (Å²) in [5.74, 6) is -2.03. The lowest BCUT2D eigenvalue weighted by Gasteiger charge is -2.26. The van der Waals surface area contributed by atoms with Crippen molar-refractivity contribution < 1.29 is 18.8 Å². The van der Waals surface area contributed by atoms with Gasteiger partial charge in [-0.05, 0) is 80.8 Å². The summed E-state index contributed by atoms with van der Waals surface area (Å²) in [5.41, 5.74) is 5.76. The number of aryl methyl sites for hydroxylation is 3. The predicted molar refractivity (Wildman–Crippen MR) is 120 cm³/mol. The molecule has 0 unspecified atom stereocenters. The minimum absolute atomic E-state index is 0.171. The van der Waals surface area contributed by atoms with E-state index in [2.05, 4.69) is 9.88 Å². The van der Waals surface area contributed by atoms with E-state index in [0.717, 1.165) is 45.2 Å². The SMILES string of the molecule is Cc1cccc(C)c1-n1c(C)cc(C=C2C(=O)NC(=O)N(c3ccc(F)cc3)C2=O)c1C. The van der Waals surface area contributed by atoms with Crippen molar-refractivity contribution in [1.29, 1.82) is 0 Å². The van der Waals surface area contributed by atoms with Crippen LogP contribution >= 0.6 is 0 Å². The van der Waals surface area contributed by atoms with E-state index in [4.69, 9.17) is 0 Å². The highest BCUT2D eigenvalue weighted by molar-refractivity contribution is 6.39. The first kappa shape index (κ1) is 21.2. The Kier molecular flexibility index (Phi) is 5.26. The first-order valence-electron chi connectivity index (χ1n) is 10.1. The Morgan fingerprint density at radius 2 is 1.53 bits per heavy atom. The lowest BCUT2D eigenvalue weighted by Crippen LogP contribution is -2.54. The standard InChI is InChI=1S/C25H22FN3O3/c1-14-6-5-7-15(2)22(14)28-16(3)12-18(17(28)4)13-21-23(30)27-25(32)29(24(21)31)20-10-8-19(26)9-11-20/h5-13H,1-4H3,(H,27,30,32). The summed E-state index contributed by atoms with van der Waals surface area (Å²) in [6.07, 6.45) is 1.49. The van der Waals surface area contributed by atoms with Gasteiger partial charge in [0.1, 0.15) is 11.4 Å². The number of rotatable bonds is 3. The average molecular weight is 431 g/mol. The molecule has 1 aromatic heterocycles. The van der Waals surface area contributed by atoms with E-state index in [9.17, 15) is 18.8 Å². The summed E-state index contributed by atoms with van der Waals surface area (Å²) in [6, 6.07) is 12.0. The molecular formula is C25H22FN3O3. The van der Waals surface area contributed by atoms with E-state index in [-0.39, 0.29) is 11.3 Å². The number of benzene rings is 2. The van der Waals surface area contributed by atoms with Crippen LogP contribution in [0.25, 0.3) is 11.8 Å². The second kappa shape index (κ2) is 7.92. The summed E-state index contributed by atoms with van der Waals surface area (Å²) in [7, 11) is 0. The number of amides is 4. The number of nitrogens with zero attached hydrogens (tertiary/aromatic N) is 2. The number of hydrogen-bond acceptors (Lipinski definition) is 3. The van der Waals surface area contributed by atoms with E-state index in [0.29, 0.717) is 5.56 Å². The molecule has 1 N–H and O–H groups in total. The highest BCUT2D eigenvalue weighted by atomic mass is 19.1. The van der Waals surface area contributed by atoms with E-state index in [1.54, 1.807) is 0 Å². The van der Waals surface area contributed by atoms with Crippen molar-refractivity contribution in [3.8, 4) is 5.69 Å². The molecule has 7 heteroatoms. The quantitative estimate of drug-likeness (QED) is 0.490. The molecule has 0 atom stereocenters. The van der Waals surface area contributed by atoms with Crippen molar-refractivity contribution in [3.63, 3.8) is 0 Å². The van der Waals surface area contributed by atoms with Gasteiger partial charge in [0.05, 0.1) is 11.4 Å². The maximum atomic E-state index is 13.3. The van der Waals surface area contributed by atoms with Crippen LogP contribution in [-0.4, -0.2) is 22.4 Å². The van der Waals surface area contributed by atoms with E-state index >= 15 is 0 Å². The van der Waals surface area contributed by atoms with Crippen LogP contribution in [0.2, 0.25) is 0 Å². The minimum Gasteiger partial charge on any atom is -0.317 e. The third-order valence-corrected chi connectivity index (χ3v) is 5.62. The highest BCUT2D eigenvalue weighted by Gasteiger charge is 2.37. The smallest absolute Gasteiger partial charge is 0.317 e. The molecule has 4 rings (SSSR count). The molecule has 1 aliphatic heterocycles.